The highest BCUT2D eigenvalue weighted by atomic mass is 15.1. The highest BCUT2D eigenvalue weighted by Gasteiger charge is 3.03. The molecule has 4 unspecified atom stereocenters. The minimum absolute atomic E-state index is 1.00. The van der Waals surface area contributed by atoms with Crippen LogP contribution in [0.3, 0.4) is 0 Å². The third kappa shape index (κ3) is 0.0665. The Kier molecular flexibility index (Phi) is 0.111. The predicted molar refractivity (Wildman–Crippen MR) is 25.5 cm³/mol. The quantitative estimate of drug-likeness (QED) is 0.390. The Hall–Kier alpha value is -0.260. The van der Waals surface area contributed by atoms with Crippen LogP contribution in [0.2, 0.25) is 0 Å². The normalized spacial score (nSPS) is 93.7. The third-order valence-electron chi connectivity index (χ3n) is 3.67. The first-order valence-corrected chi connectivity index (χ1v) is 3.15. The van der Waals surface area contributed by atoms with Gasteiger partial charge in [0.15, 0.2) is 0 Å². The van der Waals surface area contributed by atoms with Crippen LogP contribution in [0.15, 0.2) is 12.2 Å². The average Bonchev–Trinajstić information content (AvgIpc) is 2.54. The first-order chi connectivity index (χ1) is 3.47. The van der Waals surface area contributed by atoms with Crippen molar-refractivity contribution in [1.82, 2.24) is 0 Å². The van der Waals surface area contributed by atoms with E-state index in [0.29, 0.717) is 0 Å². The Balaban J connectivity index is 2.26. The van der Waals surface area contributed by atoms with Gasteiger partial charge in [-0.05, 0) is 29.1 Å². The number of allylic oxidation sites excluding steroid dienone is 2. The van der Waals surface area contributed by atoms with E-state index in [0.717, 1.165) is 17.3 Å². The van der Waals surface area contributed by atoms with Gasteiger partial charge < -0.3 is 0 Å². The van der Waals surface area contributed by atoms with E-state index < -0.39 is 0 Å². The molecule has 0 aromatic carbocycles. The summed E-state index contributed by atoms with van der Waals surface area (Å²) in [5, 5.41) is 0. The predicted octanol–water partition coefficient (Wildman–Crippen LogP) is 1.05. The standard InChI is InChI=1S/C7H6/c1-2-4-6-5-3(1)7(4,5)6/h1-6H. The molecule has 0 N–H and O–H groups in total. The Bertz CT molecular complexity index is 180. The maximum atomic E-state index is 2.44. The molecule has 4 aliphatic rings. The molecule has 0 aromatic rings. The Morgan fingerprint density at radius 3 is 1.71 bits per heavy atom. The molecular formula is C7H6. The van der Waals surface area contributed by atoms with Gasteiger partial charge in [-0.3, -0.25) is 0 Å². The summed E-state index contributed by atoms with van der Waals surface area (Å²) in [6, 6.07) is 0. The van der Waals surface area contributed by atoms with Crippen molar-refractivity contribution < 1.29 is 0 Å². The van der Waals surface area contributed by atoms with Gasteiger partial charge in [-0.2, -0.15) is 0 Å². The monoisotopic (exact) mass is 90.0 g/mol. The van der Waals surface area contributed by atoms with E-state index in [2.05, 4.69) is 12.2 Å². The van der Waals surface area contributed by atoms with Crippen molar-refractivity contribution in [2.75, 3.05) is 0 Å². The maximum Gasteiger partial charge on any atom is -0.00916 e. The van der Waals surface area contributed by atoms with Crippen molar-refractivity contribution in [3.63, 3.8) is 0 Å². The van der Waals surface area contributed by atoms with Crippen molar-refractivity contribution >= 4 is 0 Å². The van der Waals surface area contributed by atoms with Gasteiger partial charge in [0.2, 0.25) is 0 Å². The van der Waals surface area contributed by atoms with Crippen LogP contribution < -0.4 is 0 Å². The van der Waals surface area contributed by atoms with Crippen LogP contribution in [0.5, 0.6) is 0 Å². The largest absolute Gasteiger partial charge is 0.0842 e. The van der Waals surface area contributed by atoms with Crippen LogP contribution >= 0.6 is 0 Å². The molecule has 1 spiro atoms. The second-order valence-electron chi connectivity index (χ2n) is 3.49. The summed E-state index contributed by atoms with van der Waals surface area (Å²) in [4.78, 5) is 0. The lowest BCUT2D eigenvalue weighted by Gasteiger charge is -1.95. The van der Waals surface area contributed by atoms with Gasteiger partial charge in [0.05, 0.1) is 0 Å². The third-order valence-corrected chi connectivity index (χ3v) is 3.67. The van der Waals surface area contributed by atoms with Gasteiger partial charge in [0, 0.05) is 0 Å². The van der Waals surface area contributed by atoms with E-state index in [1.165, 1.54) is 11.8 Å². The topological polar surface area (TPSA) is 0 Å². The highest BCUT2D eigenvalue weighted by molar-refractivity contribution is 5.58. The van der Waals surface area contributed by atoms with Crippen LogP contribution in [0.1, 0.15) is 0 Å². The van der Waals surface area contributed by atoms with Crippen molar-refractivity contribution in [3.05, 3.63) is 12.2 Å². The number of fused-ring (bicyclic) bond motifs is 3. The van der Waals surface area contributed by atoms with E-state index in [-0.39, 0.29) is 0 Å². The molecule has 0 heteroatoms. The van der Waals surface area contributed by atoms with E-state index in [4.69, 9.17) is 0 Å². The number of hydrogen-bond acceptors (Lipinski definition) is 0. The molecule has 7 heavy (non-hydrogen) atoms. The van der Waals surface area contributed by atoms with E-state index in [1.54, 1.807) is 0 Å². The molecular weight excluding hydrogens is 84.1 g/mol. The summed E-state index contributed by atoms with van der Waals surface area (Å²) in [7, 11) is 0. The Morgan fingerprint density at radius 2 is 1.57 bits per heavy atom. The van der Waals surface area contributed by atoms with Gasteiger partial charge in [-0.15, -0.1) is 0 Å². The molecule has 4 aliphatic carbocycles. The summed E-state index contributed by atoms with van der Waals surface area (Å²) < 4.78 is 0. The molecule has 4 atom stereocenters. The highest BCUT2D eigenvalue weighted by Crippen LogP contribution is 3.06. The Labute approximate surface area is 42.2 Å². The fourth-order valence-corrected chi connectivity index (χ4v) is 3.14. The van der Waals surface area contributed by atoms with Crippen molar-refractivity contribution in [3.8, 4) is 0 Å². The van der Waals surface area contributed by atoms with Crippen molar-refractivity contribution in [2.45, 2.75) is 0 Å². The summed E-state index contributed by atoms with van der Waals surface area (Å²) in [5.41, 5.74) is 1.00. The van der Waals surface area contributed by atoms with Gasteiger partial charge in [-0.1, -0.05) is 12.2 Å². The van der Waals surface area contributed by atoms with Gasteiger partial charge in [-0.25, -0.2) is 0 Å². The lowest BCUT2D eigenvalue weighted by molar-refractivity contribution is 0.665. The van der Waals surface area contributed by atoms with Gasteiger partial charge >= 0.3 is 0 Å². The summed E-state index contributed by atoms with van der Waals surface area (Å²) in [5.74, 6) is 4.70. The molecule has 0 saturated heterocycles. The molecule has 0 radical (unpaired) electrons. The van der Waals surface area contributed by atoms with E-state index in [1.807, 2.05) is 0 Å². The second kappa shape index (κ2) is 0.331. The number of rotatable bonds is 0. The first kappa shape index (κ1) is 2.34. The molecule has 3 saturated carbocycles. The zero-order valence-corrected chi connectivity index (χ0v) is 3.96. The summed E-state index contributed by atoms with van der Waals surface area (Å²) >= 11 is 0. The maximum absolute atomic E-state index is 2.44. The lowest BCUT2D eigenvalue weighted by atomic mass is 10.1. The number of hydrogen-bond donors (Lipinski definition) is 0. The summed E-state index contributed by atoms with van der Waals surface area (Å²) in [6.07, 6.45) is 4.88. The minimum Gasteiger partial charge on any atom is -0.0842 e. The van der Waals surface area contributed by atoms with Crippen molar-refractivity contribution in [2.24, 2.45) is 29.1 Å². The molecule has 0 nitrogen and oxygen atoms in total. The van der Waals surface area contributed by atoms with Crippen LogP contribution in [-0.4, -0.2) is 0 Å². The molecule has 0 aromatic heterocycles. The molecule has 3 fully saturated rings. The molecule has 34 valence electrons. The molecule has 0 amide bonds. The van der Waals surface area contributed by atoms with Crippen LogP contribution in [0.4, 0.5) is 0 Å². The van der Waals surface area contributed by atoms with E-state index >= 15 is 0 Å². The minimum atomic E-state index is 1.00. The first-order valence-electron chi connectivity index (χ1n) is 3.15. The molecule has 0 heterocycles. The van der Waals surface area contributed by atoms with Crippen LogP contribution in [0, 0.1) is 29.1 Å². The van der Waals surface area contributed by atoms with Crippen molar-refractivity contribution in [1.29, 1.82) is 0 Å². The van der Waals surface area contributed by atoms with Gasteiger partial charge in [0.1, 0.15) is 0 Å². The van der Waals surface area contributed by atoms with Crippen LogP contribution in [-0.2, 0) is 0 Å². The fraction of sp³-hybridized carbons (Fsp3) is 0.714. The fourth-order valence-electron chi connectivity index (χ4n) is 3.14. The van der Waals surface area contributed by atoms with E-state index in [9.17, 15) is 0 Å². The SMILES string of the molecule is C1=CC2C3C4C1C243. The zero-order chi connectivity index (χ0) is 4.22. The summed E-state index contributed by atoms with van der Waals surface area (Å²) in [6.45, 7) is 0. The smallest absolute Gasteiger partial charge is 0.00916 e. The van der Waals surface area contributed by atoms with Gasteiger partial charge in [0.25, 0.3) is 0 Å². The Morgan fingerprint density at radius 1 is 1.00 bits per heavy atom. The molecule has 4 rings (SSSR count). The molecule has 0 aliphatic heterocycles. The zero-order valence-electron chi connectivity index (χ0n) is 3.96. The molecule has 0 bridgehead atoms. The average molecular weight is 90.1 g/mol. The van der Waals surface area contributed by atoms with Crippen LogP contribution in [0.25, 0.3) is 0 Å². The lowest BCUT2D eigenvalue weighted by Crippen LogP contribution is -1.88. The second-order valence-corrected chi connectivity index (χ2v) is 3.49.